The van der Waals surface area contributed by atoms with Crippen LogP contribution in [-0.2, 0) is 6.42 Å². The van der Waals surface area contributed by atoms with Crippen LogP contribution in [0, 0.1) is 6.92 Å². The van der Waals surface area contributed by atoms with Gasteiger partial charge in [0.1, 0.15) is 5.75 Å². The predicted octanol–water partition coefficient (Wildman–Crippen LogP) is 4.42. The maximum Gasteiger partial charge on any atom is 0.124 e. The van der Waals surface area contributed by atoms with Crippen molar-refractivity contribution < 1.29 is 4.74 Å². The van der Waals surface area contributed by atoms with Gasteiger partial charge in [0.05, 0.1) is 6.61 Å². The molecule has 0 unspecified atom stereocenters. The maximum atomic E-state index is 6.01. The highest BCUT2D eigenvalue weighted by Crippen LogP contribution is 2.25. The third-order valence-electron chi connectivity index (χ3n) is 3.62. The first kappa shape index (κ1) is 15.6. The molecule has 0 radical (unpaired) electrons. The standard InChI is InChI=1S/C19H25NO/c1-15-11-12-19(18(14-15)16(2)20)21-13-7-6-10-17-8-4-3-5-9-17/h3-5,8-9,11-12,14,16H,6-7,10,13,20H2,1-2H3/t16-/m0/s1. The smallest absolute Gasteiger partial charge is 0.124 e. The Morgan fingerprint density at radius 2 is 1.81 bits per heavy atom. The van der Waals surface area contributed by atoms with Crippen LogP contribution in [0.5, 0.6) is 5.75 Å². The lowest BCUT2D eigenvalue weighted by atomic mass is 10.1. The molecule has 2 aromatic rings. The van der Waals surface area contributed by atoms with Crippen LogP contribution in [0.3, 0.4) is 0 Å². The molecule has 0 fully saturated rings. The van der Waals surface area contributed by atoms with Gasteiger partial charge in [-0.3, -0.25) is 0 Å². The van der Waals surface area contributed by atoms with Gasteiger partial charge in [0.15, 0.2) is 0 Å². The van der Waals surface area contributed by atoms with Crippen LogP contribution >= 0.6 is 0 Å². The molecule has 2 aromatic carbocycles. The van der Waals surface area contributed by atoms with Gasteiger partial charge < -0.3 is 10.5 Å². The number of rotatable bonds is 7. The van der Waals surface area contributed by atoms with E-state index in [9.17, 15) is 0 Å². The molecule has 0 spiro atoms. The summed E-state index contributed by atoms with van der Waals surface area (Å²) < 4.78 is 5.91. The van der Waals surface area contributed by atoms with Gasteiger partial charge in [-0.1, -0.05) is 48.0 Å². The summed E-state index contributed by atoms with van der Waals surface area (Å²) >= 11 is 0. The Hall–Kier alpha value is -1.80. The monoisotopic (exact) mass is 283 g/mol. The zero-order valence-electron chi connectivity index (χ0n) is 13.0. The topological polar surface area (TPSA) is 35.2 Å². The Morgan fingerprint density at radius 3 is 2.52 bits per heavy atom. The molecule has 0 aromatic heterocycles. The van der Waals surface area contributed by atoms with Gasteiger partial charge in [0.25, 0.3) is 0 Å². The molecular formula is C19H25NO. The summed E-state index contributed by atoms with van der Waals surface area (Å²) in [4.78, 5) is 0. The molecule has 2 rings (SSSR count). The second kappa shape index (κ2) is 7.84. The molecule has 2 nitrogen and oxygen atoms in total. The lowest BCUT2D eigenvalue weighted by Crippen LogP contribution is -2.09. The van der Waals surface area contributed by atoms with E-state index < -0.39 is 0 Å². The van der Waals surface area contributed by atoms with Gasteiger partial charge in [-0.15, -0.1) is 0 Å². The highest BCUT2D eigenvalue weighted by molar-refractivity contribution is 5.38. The second-order valence-corrected chi connectivity index (χ2v) is 5.62. The lowest BCUT2D eigenvalue weighted by Gasteiger charge is -2.14. The Bertz CT molecular complexity index is 549. The highest BCUT2D eigenvalue weighted by Gasteiger charge is 2.08. The number of hydrogen-bond donors (Lipinski definition) is 1. The van der Waals surface area contributed by atoms with Gasteiger partial charge in [-0.25, -0.2) is 0 Å². The molecule has 0 saturated carbocycles. The van der Waals surface area contributed by atoms with Gasteiger partial charge in [0.2, 0.25) is 0 Å². The van der Waals surface area contributed by atoms with E-state index in [-0.39, 0.29) is 6.04 Å². The summed E-state index contributed by atoms with van der Waals surface area (Å²) in [5.41, 5.74) is 9.72. The molecule has 0 saturated heterocycles. The van der Waals surface area contributed by atoms with Gasteiger partial charge in [0, 0.05) is 11.6 Å². The third-order valence-corrected chi connectivity index (χ3v) is 3.62. The predicted molar refractivity (Wildman–Crippen MR) is 88.7 cm³/mol. The van der Waals surface area contributed by atoms with Gasteiger partial charge in [-0.05, 0) is 44.7 Å². The quantitative estimate of drug-likeness (QED) is 0.764. The van der Waals surface area contributed by atoms with Crippen molar-refractivity contribution in [3.8, 4) is 5.75 Å². The van der Waals surface area contributed by atoms with E-state index >= 15 is 0 Å². The fourth-order valence-corrected chi connectivity index (χ4v) is 2.41. The van der Waals surface area contributed by atoms with E-state index in [1.165, 1.54) is 11.1 Å². The molecule has 112 valence electrons. The molecule has 0 aliphatic rings. The maximum absolute atomic E-state index is 6.01. The fourth-order valence-electron chi connectivity index (χ4n) is 2.41. The van der Waals surface area contributed by atoms with E-state index in [0.29, 0.717) is 0 Å². The first-order chi connectivity index (χ1) is 10.2. The van der Waals surface area contributed by atoms with Crippen LogP contribution in [0.4, 0.5) is 0 Å². The zero-order valence-corrected chi connectivity index (χ0v) is 13.0. The molecule has 2 N–H and O–H groups in total. The zero-order chi connectivity index (χ0) is 15.1. The molecule has 0 bridgehead atoms. The van der Waals surface area contributed by atoms with Gasteiger partial charge >= 0.3 is 0 Å². The Labute approximate surface area is 127 Å². The van der Waals surface area contributed by atoms with Crippen molar-refractivity contribution in [3.63, 3.8) is 0 Å². The van der Waals surface area contributed by atoms with Crippen molar-refractivity contribution in [3.05, 3.63) is 65.2 Å². The average Bonchev–Trinajstić information content (AvgIpc) is 2.49. The molecule has 1 atom stereocenters. The third kappa shape index (κ3) is 4.91. The van der Waals surface area contributed by atoms with Crippen molar-refractivity contribution in [1.82, 2.24) is 0 Å². The molecule has 2 heteroatoms. The van der Waals surface area contributed by atoms with E-state index in [4.69, 9.17) is 10.5 Å². The van der Waals surface area contributed by atoms with E-state index in [0.717, 1.165) is 37.2 Å². The lowest BCUT2D eigenvalue weighted by molar-refractivity contribution is 0.302. The minimum absolute atomic E-state index is 0.00391. The normalized spacial score (nSPS) is 12.1. The summed E-state index contributed by atoms with van der Waals surface area (Å²) in [6.07, 6.45) is 3.31. The van der Waals surface area contributed by atoms with Crippen LogP contribution in [0.1, 0.15) is 42.5 Å². The van der Waals surface area contributed by atoms with Crippen LogP contribution in [0.2, 0.25) is 0 Å². The van der Waals surface area contributed by atoms with Crippen molar-refractivity contribution in [2.24, 2.45) is 5.73 Å². The molecule has 0 heterocycles. The van der Waals surface area contributed by atoms with Crippen LogP contribution in [0.15, 0.2) is 48.5 Å². The van der Waals surface area contributed by atoms with E-state index in [2.05, 4.69) is 49.4 Å². The van der Waals surface area contributed by atoms with Crippen molar-refractivity contribution in [2.45, 2.75) is 39.2 Å². The first-order valence-corrected chi connectivity index (χ1v) is 7.69. The number of ether oxygens (including phenoxy) is 1. The van der Waals surface area contributed by atoms with Crippen molar-refractivity contribution in [2.75, 3.05) is 6.61 Å². The summed E-state index contributed by atoms with van der Waals surface area (Å²) in [5.74, 6) is 0.926. The summed E-state index contributed by atoms with van der Waals surface area (Å²) in [6, 6.07) is 16.8. The molecule has 21 heavy (non-hydrogen) atoms. The number of benzene rings is 2. The van der Waals surface area contributed by atoms with E-state index in [1.807, 2.05) is 13.0 Å². The van der Waals surface area contributed by atoms with Crippen LogP contribution in [0.25, 0.3) is 0 Å². The first-order valence-electron chi connectivity index (χ1n) is 7.69. The molecule has 0 amide bonds. The number of nitrogens with two attached hydrogens (primary N) is 1. The number of hydrogen-bond acceptors (Lipinski definition) is 2. The van der Waals surface area contributed by atoms with Crippen LogP contribution < -0.4 is 10.5 Å². The van der Waals surface area contributed by atoms with Crippen LogP contribution in [-0.4, -0.2) is 6.61 Å². The molecular weight excluding hydrogens is 258 g/mol. The Kier molecular flexibility index (Phi) is 5.82. The molecule has 0 aliphatic heterocycles. The fraction of sp³-hybridized carbons (Fsp3) is 0.368. The summed E-state index contributed by atoms with van der Waals surface area (Å²) in [7, 11) is 0. The van der Waals surface area contributed by atoms with E-state index in [1.54, 1.807) is 0 Å². The number of aryl methyl sites for hydroxylation is 2. The van der Waals surface area contributed by atoms with Crippen molar-refractivity contribution in [1.29, 1.82) is 0 Å². The summed E-state index contributed by atoms with van der Waals surface area (Å²) in [5, 5.41) is 0. The van der Waals surface area contributed by atoms with Gasteiger partial charge in [-0.2, -0.15) is 0 Å². The minimum atomic E-state index is 0.00391. The van der Waals surface area contributed by atoms with Crippen molar-refractivity contribution >= 4 is 0 Å². The average molecular weight is 283 g/mol. The summed E-state index contributed by atoms with van der Waals surface area (Å²) in [6.45, 7) is 4.82. The minimum Gasteiger partial charge on any atom is -0.493 e. The Morgan fingerprint density at radius 1 is 1.05 bits per heavy atom. The SMILES string of the molecule is Cc1ccc(OCCCCc2ccccc2)c([C@H](C)N)c1. The largest absolute Gasteiger partial charge is 0.493 e. The Balaban J connectivity index is 1.78. The second-order valence-electron chi connectivity index (χ2n) is 5.62. The highest BCUT2D eigenvalue weighted by atomic mass is 16.5. The number of unbranched alkanes of at least 4 members (excludes halogenated alkanes) is 1. The molecule has 0 aliphatic carbocycles.